The second kappa shape index (κ2) is 5.47. The van der Waals surface area contributed by atoms with Gasteiger partial charge in [0.25, 0.3) is 11.4 Å². The van der Waals surface area contributed by atoms with Crippen molar-refractivity contribution in [1.82, 2.24) is 20.1 Å². The Hall–Kier alpha value is -2.19. The van der Waals surface area contributed by atoms with Crippen molar-refractivity contribution in [1.29, 1.82) is 0 Å². The topological polar surface area (TPSA) is 124 Å². The van der Waals surface area contributed by atoms with Gasteiger partial charge in [-0.2, -0.15) is 4.98 Å². The van der Waals surface area contributed by atoms with Crippen LogP contribution in [0.5, 0.6) is 0 Å². The first-order valence-corrected chi connectivity index (χ1v) is 7.19. The highest BCUT2D eigenvalue weighted by Crippen LogP contribution is 2.37. The number of hydrogen-bond donors (Lipinski definition) is 2. The molecule has 4 rings (SSSR count). The van der Waals surface area contributed by atoms with Crippen molar-refractivity contribution in [3.8, 4) is 11.5 Å². The molecule has 0 aromatic carbocycles. The molecule has 0 bridgehead atoms. The Balaban J connectivity index is 0.00000156. The van der Waals surface area contributed by atoms with Gasteiger partial charge in [0.05, 0.1) is 17.4 Å². The number of aryl methyl sites for hydroxylation is 1. The Morgan fingerprint density at radius 3 is 2.83 bits per heavy atom. The van der Waals surface area contributed by atoms with Gasteiger partial charge in [0.2, 0.25) is 5.71 Å². The van der Waals surface area contributed by atoms with Crippen LogP contribution in [0.1, 0.15) is 37.3 Å². The lowest BCUT2D eigenvalue weighted by Crippen LogP contribution is -2.34. The summed E-state index contributed by atoms with van der Waals surface area (Å²) in [6, 6.07) is 0. The van der Waals surface area contributed by atoms with Gasteiger partial charge in [0.1, 0.15) is 11.1 Å². The zero-order valence-corrected chi connectivity index (χ0v) is 13.3. The highest BCUT2D eigenvalue weighted by atomic mass is 35.5. The number of rotatable bonds is 2. The molecule has 0 atom stereocenters. The highest BCUT2D eigenvalue weighted by Gasteiger charge is 2.36. The van der Waals surface area contributed by atoms with E-state index in [1.165, 1.54) is 6.33 Å². The first-order valence-electron chi connectivity index (χ1n) is 7.19. The lowest BCUT2D eigenvalue weighted by atomic mass is 9.98. The van der Waals surface area contributed by atoms with E-state index in [1.54, 1.807) is 6.92 Å². The summed E-state index contributed by atoms with van der Waals surface area (Å²) in [5, 5.41) is 4.33. The molecule has 122 valence electrons. The van der Waals surface area contributed by atoms with Gasteiger partial charge >= 0.3 is 0 Å². The number of hydrogen-bond acceptors (Lipinski definition) is 7. The van der Waals surface area contributed by atoms with E-state index in [9.17, 15) is 4.79 Å². The molecule has 9 heteroatoms. The fourth-order valence-electron chi connectivity index (χ4n) is 3.07. The average Bonchev–Trinajstić information content (AvgIpc) is 3.17. The van der Waals surface area contributed by atoms with Crippen LogP contribution in [-0.4, -0.2) is 20.1 Å². The predicted molar refractivity (Wildman–Crippen MR) is 84.2 cm³/mol. The van der Waals surface area contributed by atoms with Gasteiger partial charge in [-0.05, 0) is 19.8 Å². The molecule has 23 heavy (non-hydrogen) atoms. The SMILES string of the molecule is Cc1oc2nc[nH]c(=O)c2c1-c1nc(C2(N)CCCC2)no1.Cl. The van der Waals surface area contributed by atoms with Crippen molar-refractivity contribution in [2.45, 2.75) is 38.1 Å². The number of H-pyrrole nitrogens is 1. The number of nitrogens with zero attached hydrogens (tertiary/aromatic N) is 3. The summed E-state index contributed by atoms with van der Waals surface area (Å²) in [5.41, 5.74) is 6.22. The zero-order chi connectivity index (χ0) is 15.3. The number of halogens is 1. The van der Waals surface area contributed by atoms with E-state index in [0.29, 0.717) is 22.5 Å². The summed E-state index contributed by atoms with van der Waals surface area (Å²) in [5.74, 6) is 1.22. The molecule has 1 aliphatic rings. The Kier molecular flexibility index (Phi) is 3.73. The smallest absolute Gasteiger partial charge is 0.262 e. The number of aromatic nitrogens is 4. The number of fused-ring (bicyclic) bond motifs is 1. The lowest BCUT2D eigenvalue weighted by Gasteiger charge is -2.17. The minimum absolute atomic E-state index is 0. The van der Waals surface area contributed by atoms with Crippen molar-refractivity contribution in [2.24, 2.45) is 5.73 Å². The van der Waals surface area contributed by atoms with Crippen LogP contribution in [0.15, 0.2) is 20.1 Å². The van der Waals surface area contributed by atoms with Crippen LogP contribution < -0.4 is 11.3 Å². The third-order valence-electron chi connectivity index (χ3n) is 4.25. The first-order chi connectivity index (χ1) is 10.6. The third-order valence-corrected chi connectivity index (χ3v) is 4.25. The van der Waals surface area contributed by atoms with Gasteiger partial charge in [-0.25, -0.2) is 4.98 Å². The lowest BCUT2D eigenvalue weighted by molar-refractivity contribution is 0.372. The van der Waals surface area contributed by atoms with Gasteiger partial charge in [0, 0.05) is 0 Å². The third kappa shape index (κ3) is 2.34. The molecule has 3 N–H and O–H groups in total. The minimum atomic E-state index is -0.542. The fraction of sp³-hybridized carbons (Fsp3) is 0.429. The molecule has 3 aromatic heterocycles. The van der Waals surface area contributed by atoms with Crippen molar-refractivity contribution < 1.29 is 8.94 Å². The maximum absolute atomic E-state index is 12.0. The number of nitrogens with two attached hydrogens (primary N) is 1. The van der Waals surface area contributed by atoms with Gasteiger partial charge in [0.15, 0.2) is 5.82 Å². The summed E-state index contributed by atoms with van der Waals surface area (Å²) in [4.78, 5) is 23.0. The van der Waals surface area contributed by atoms with E-state index < -0.39 is 5.54 Å². The Labute approximate surface area is 136 Å². The molecule has 0 spiro atoms. The number of nitrogens with one attached hydrogen (secondary N) is 1. The average molecular weight is 338 g/mol. The van der Waals surface area contributed by atoms with Crippen LogP contribution in [0.3, 0.4) is 0 Å². The summed E-state index contributed by atoms with van der Waals surface area (Å²) >= 11 is 0. The Morgan fingerprint density at radius 2 is 2.09 bits per heavy atom. The molecule has 0 unspecified atom stereocenters. The first kappa shape index (κ1) is 15.7. The maximum atomic E-state index is 12.0. The highest BCUT2D eigenvalue weighted by molar-refractivity contribution is 5.90. The van der Waals surface area contributed by atoms with Crippen LogP contribution in [0, 0.1) is 6.92 Å². The van der Waals surface area contributed by atoms with Crippen LogP contribution in [0.25, 0.3) is 22.6 Å². The van der Waals surface area contributed by atoms with Crippen LogP contribution in [0.2, 0.25) is 0 Å². The molecule has 1 aliphatic carbocycles. The molecule has 0 amide bonds. The normalized spacial score (nSPS) is 16.6. The molecular weight excluding hydrogens is 322 g/mol. The Bertz CT molecular complexity index is 907. The summed E-state index contributed by atoms with van der Waals surface area (Å²) in [6.45, 7) is 1.73. The Morgan fingerprint density at radius 1 is 1.35 bits per heavy atom. The van der Waals surface area contributed by atoms with Crippen molar-refractivity contribution in [3.63, 3.8) is 0 Å². The maximum Gasteiger partial charge on any atom is 0.262 e. The van der Waals surface area contributed by atoms with Crippen LogP contribution in [0.4, 0.5) is 0 Å². The van der Waals surface area contributed by atoms with Gasteiger partial charge in [-0.15, -0.1) is 12.4 Å². The van der Waals surface area contributed by atoms with Crippen LogP contribution in [-0.2, 0) is 5.54 Å². The van der Waals surface area contributed by atoms with Crippen molar-refractivity contribution in [3.05, 3.63) is 28.3 Å². The van der Waals surface area contributed by atoms with E-state index in [0.717, 1.165) is 25.7 Å². The molecular formula is C14H16ClN5O3. The van der Waals surface area contributed by atoms with Crippen molar-refractivity contribution >= 4 is 23.5 Å². The van der Waals surface area contributed by atoms with E-state index >= 15 is 0 Å². The molecule has 3 aromatic rings. The largest absolute Gasteiger partial charge is 0.442 e. The minimum Gasteiger partial charge on any atom is -0.442 e. The molecule has 3 heterocycles. The second-order valence-corrected chi connectivity index (χ2v) is 5.73. The molecule has 8 nitrogen and oxygen atoms in total. The number of furan rings is 1. The monoisotopic (exact) mass is 337 g/mol. The number of aromatic amines is 1. The fourth-order valence-corrected chi connectivity index (χ4v) is 3.07. The predicted octanol–water partition coefficient (Wildman–Crippen LogP) is 2.02. The summed E-state index contributed by atoms with van der Waals surface area (Å²) in [6.07, 6.45) is 5.07. The molecule has 0 saturated heterocycles. The van der Waals surface area contributed by atoms with E-state index in [4.69, 9.17) is 14.7 Å². The standard InChI is InChI=1S/C14H15N5O3.ClH/c1-7-8(9-10(20)16-6-17-11(9)21-7)12-18-13(19-22-12)14(15)4-2-3-5-14;/h6H,2-5,15H2,1H3,(H,16,17,20);1H. The van der Waals surface area contributed by atoms with Gasteiger partial charge < -0.3 is 19.7 Å². The van der Waals surface area contributed by atoms with Crippen LogP contribution >= 0.6 is 12.4 Å². The van der Waals surface area contributed by atoms with Crippen molar-refractivity contribution in [2.75, 3.05) is 0 Å². The molecule has 0 radical (unpaired) electrons. The summed E-state index contributed by atoms with van der Waals surface area (Å²) in [7, 11) is 0. The quantitative estimate of drug-likeness (QED) is 0.733. The van der Waals surface area contributed by atoms with E-state index in [-0.39, 0.29) is 29.6 Å². The molecule has 0 aliphatic heterocycles. The van der Waals surface area contributed by atoms with E-state index in [1.807, 2.05) is 0 Å². The molecule has 1 saturated carbocycles. The van der Waals surface area contributed by atoms with Gasteiger partial charge in [-0.3, -0.25) is 4.79 Å². The molecule has 1 fully saturated rings. The zero-order valence-electron chi connectivity index (χ0n) is 12.5. The second-order valence-electron chi connectivity index (χ2n) is 5.73. The summed E-state index contributed by atoms with van der Waals surface area (Å²) < 4.78 is 10.9. The van der Waals surface area contributed by atoms with Gasteiger partial charge in [-0.1, -0.05) is 18.0 Å². The van der Waals surface area contributed by atoms with E-state index in [2.05, 4.69) is 20.1 Å².